The van der Waals surface area contributed by atoms with Crippen LogP contribution in [0.4, 0.5) is 0 Å². The van der Waals surface area contributed by atoms with Gasteiger partial charge in [0.15, 0.2) is 0 Å². The van der Waals surface area contributed by atoms with Crippen molar-refractivity contribution in [1.29, 1.82) is 0 Å². The second-order valence-electron chi connectivity index (χ2n) is 3.55. The van der Waals surface area contributed by atoms with Gasteiger partial charge in [-0.3, -0.25) is 0 Å². The third-order valence-electron chi connectivity index (χ3n) is 2.35. The van der Waals surface area contributed by atoms with E-state index in [0.29, 0.717) is 6.61 Å². The summed E-state index contributed by atoms with van der Waals surface area (Å²) in [6.07, 6.45) is -1.39. The molecule has 0 saturated carbocycles. The van der Waals surface area contributed by atoms with Crippen LogP contribution < -0.4 is 0 Å². The second-order valence-corrected chi connectivity index (χ2v) is 3.55. The van der Waals surface area contributed by atoms with Crippen molar-refractivity contribution in [2.45, 2.75) is 31.3 Å². The average Bonchev–Trinajstić information content (AvgIpc) is 1.97. The fourth-order valence-corrected chi connectivity index (χ4v) is 1.60. The van der Waals surface area contributed by atoms with Gasteiger partial charge in [0, 0.05) is 0 Å². The summed E-state index contributed by atoms with van der Waals surface area (Å²) in [5, 5.41) is 19.2. The predicted octanol–water partition coefficient (Wildman–Crippen LogP) is -0.943. The molecule has 0 aromatic carbocycles. The van der Waals surface area contributed by atoms with Gasteiger partial charge in [-0.05, 0) is 21.0 Å². The first-order chi connectivity index (χ1) is 5.54. The van der Waals surface area contributed by atoms with Crippen LogP contribution in [0.1, 0.15) is 6.92 Å². The number of likely N-dealkylation sites (N-methyl/N-ethyl adjacent to an activating group) is 1. The summed E-state index contributed by atoms with van der Waals surface area (Å²) in [5.41, 5.74) is 0. The zero-order valence-electron chi connectivity index (χ0n) is 7.77. The standard InChI is InChI=1S/C8H17NO3/c1-5-8(11)7(9(2)3)6(10)4-12-5/h5-8,10-11H,4H2,1-3H3/t5?,6-,7-,8+/m1/s1. The molecule has 4 nitrogen and oxygen atoms in total. The van der Waals surface area contributed by atoms with Crippen molar-refractivity contribution in [3.05, 3.63) is 0 Å². The van der Waals surface area contributed by atoms with Crippen LogP contribution in [-0.4, -0.2) is 60.2 Å². The molecule has 12 heavy (non-hydrogen) atoms. The summed E-state index contributed by atoms with van der Waals surface area (Å²) in [5.74, 6) is 0. The monoisotopic (exact) mass is 175 g/mol. The third kappa shape index (κ3) is 1.77. The van der Waals surface area contributed by atoms with E-state index in [1.54, 1.807) is 0 Å². The Morgan fingerprint density at radius 1 is 1.33 bits per heavy atom. The highest BCUT2D eigenvalue weighted by atomic mass is 16.5. The quantitative estimate of drug-likeness (QED) is 0.540. The van der Waals surface area contributed by atoms with E-state index in [4.69, 9.17) is 4.74 Å². The normalized spacial score (nSPS) is 43.5. The van der Waals surface area contributed by atoms with Crippen LogP contribution in [0.25, 0.3) is 0 Å². The van der Waals surface area contributed by atoms with Gasteiger partial charge in [-0.15, -0.1) is 0 Å². The summed E-state index contributed by atoms with van der Waals surface area (Å²) in [6.45, 7) is 2.12. The van der Waals surface area contributed by atoms with Crippen molar-refractivity contribution in [2.75, 3.05) is 20.7 Å². The molecule has 0 amide bonds. The molecule has 2 N–H and O–H groups in total. The topological polar surface area (TPSA) is 52.9 Å². The maximum absolute atomic E-state index is 9.65. The molecule has 1 fully saturated rings. The molecular weight excluding hydrogens is 158 g/mol. The largest absolute Gasteiger partial charge is 0.389 e. The van der Waals surface area contributed by atoms with Gasteiger partial charge in [0.05, 0.1) is 31.0 Å². The summed E-state index contributed by atoms with van der Waals surface area (Å²) in [7, 11) is 3.68. The van der Waals surface area contributed by atoms with Crippen molar-refractivity contribution in [3.8, 4) is 0 Å². The van der Waals surface area contributed by atoms with Gasteiger partial charge in [0.1, 0.15) is 0 Å². The molecule has 1 aliphatic heterocycles. The zero-order chi connectivity index (χ0) is 9.30. The number of aliphatic hydroxyl groups excluding tert-OH is 2. The Morgan fingerprint density at radius 2 is 1.92 bits per heavy atom. The highest BCUT2D eigenvalue weighted by molar-refractivity contribution is 4.89. The lowest BCUT2D eigenvalue weighted by molar-refractivity contribution is -0.155. The van der Waals surface area contributed by atoms with E-state index in [9.17, 15) is 10.2 Å². The van der Waals surface area contributed by atoms with Crippen LogP contribution in [0.2, 0.25) is 0 Å². The molecule has 1 heterocycles. The molecule has 0 aromatic heterocycles. The number of hydrogen-bond acceptors (Lipinski definition) is 4. The third-order valence-corrected chi connectivity index (χ3v) is 2.35. The first kappa shape index (κ1) is 9.92. The lowest BCUT2D eigenvalue weighted by atomic mass is 9.97. The Balaban J connectivity index is 2.65. The minimum absolute atomic E-state index is 0.194. The molecule has 0 spiro atoms. The van der Waals surface area contributed by atoms with Crippen LogP contribution in [0.3, 0.4) is 0 Å². The molecule has 0 aliphatic carbocycles. The van der Waals surface area contributed by atoms with Crippen molar-refractivity contribution in [2.24, 2.45) is 0 Å². The van der Waals surface area contributed by atoms with Gasteiger partial charge in [0.2, 0.25) is 0 Å². The first-order valence-corrected chi connectivity index (χ1v) is 4.18. The molecule has 4 heteroatoms. The molecule has 0 aromatic rings. The number of hydrogen-bond donors (Lipinski definition) is 2. The SMILES string of the molecule is CC1OC[C@@H](O)[C@@H](N(C)C)[C@H]1O. The summed E-state index contributed by atoms with van der Waals surface area (Å²) >= 11 is 0. The number of aliphatic hydroxyl groups is 2. The molecule has 72 valence electrons. The van der Waals surface area contributed by atoms with Crippen molar-refractivity contribution in [3.63, 3.8) is 0 Å². The predicted molar refractivity (Wildman–Crippen MR) is 44.9 cm³/mol. The molecule has 1 aliphatic rings. The molecule has 0 bridgehead atoms. The van der Waals surface area contributed by atoms with E-state index in [0.717, 1.165) is 0 Å². The van der Waals surface area contributed by atoms with E-state index in [2.05, 4.69) is 0 Å². The highest BCUT2D eigenvalue weighted by Crippen LogP contribution is 2.18. The Labute approximate surface area is 72.7 Å². The fraction of sp³-hybridized carbons (Fsp3) is 1.00. The molecule has 1 unspecified atom stereocenters. The molecule has 4 atom stereocenters. The Bertz CT molecular complexity index is 151. The van der Waals surface area contributed by atoms with E-state index in [1.807, 2.05) is 25.9 Å². The Hall–Kier alpha value is -0.160. The smallest absolute Gasteiger partial charge is 0.0979 e. The van der Waals surface area contributed by atoms with Gasteiger partial charge in [-0.25, -0.2) is 0 Å². The maximum atomic E-state index is 9.65. The van der Waals surface area contributed by atoms with Crippen molar-refractivity contribution in [1.82, 2.24) is 4.90 Å². The molecule has 0 radical (unpaired) electrons. The highest BCUT2D eigenvalue weighted by Gasteiger charge is 2.37. The summed E-state index contributed by atoms with van der Waals surface area (Å²) in [6, 6.07) is -0.214. The lowest BCUT2D eigenvalue weighted by Crippen LogP contribution is -2.57. The number of rotatable bonds is 1. The van der Waals surface area contributed by atoms with E-state index in [-0.39, 0.29) is 12.1 Å². The second kappa shape index (κ2) is 3.70. The van der Waals surface area contributed by atoms with Gasteiger partial charge in [0.25, 0.3) is 0 Å². The minimum Gasteiger partial charge on any atom is -0.389 e. The van der Waals surface area contributed by atoms with Crippen molar-refractivity contribution < 1.29 is 14.9 Å². The minimum atomic E-state index is -0.608. The van der Waals surface area contributed by atoms with Crippen LogP contribution >= 0.6 is 0 Å². The van der Waals surface area contributed by atoms with Gasteiger partial charge in [-0.1, -0.05) is 0 Å². The van der Waals surface area contributed by atoms with Crippen LogP contribution in [0, 0.1) is 0 Å². The van der Waals surface area contributed by atoms with E-state index < -0.39 is 12.2 Å². The zero-order valence-corrected chi connectivity index (χ0v) is 7.77. The van der Waals surface area contributed by atoms with Gasteiger partial charge >= 0.3 is 0 Å². The van der Waals surface area contributed by atoms with Crippen LogP contribution in [0.15, 0.2) is 0 Å². The van der Waals surface area contributed by atoms with Crippen molar-refractivity contribution >= 4 is 0 Å². The van der Waals surface area contributed by atoms with Gasteiger partial charge < -0.3 is 19.8 Å². The molecule has 1 saturated heterocycles. The van der Waals surface area contributed by atoms with Crippen LogP contribution in [-0.2, 0) is 4.74 Å². The first-order valence-electron chi connectivity index (χ1n) is 4.18. The summed E-state index contributed by atoms with van der Waals surface area (Å²) in [4.78, 5) is 1.83. The number of nitrogens with zero attached hydrogens (tertiary/aromatic N) is 1. The lowest BCUT2D eigenvalue weighted by Gasteiger charge is -2.40. The maximum Gasteiger partial charge on any atom is 0.0979 e. The summed E-state index contributed by atoms with van der Waals surface area (Å²) < 4.78 is 5.16. The molecule has 1 rings (SSSR count). The Morgan fingerprint density at radius 3 is 2.33 bits per heavy atom. The van der Waals surface area contributed by atoms with E-state index in [1.165, 1.54) is 0 Å². The number of ether oxygens (including phenoxy) is 1. The average molecular weight is 175 g/mol. The molecular formula is C8H17NO3. The van der Waals surface area contributed by atoms with Gasteiger partial charge in [-0.2, -0.15) is 0 Å². The fourth-order valence-electron chi connectivity index (χ4n) is 1.60. The van der Waals surface area contributed by atoms with Crippen LogP contribution in [0.5, 0.6) is 0 Å². The Kier molecular flexibility index (Phi) is 3.06. The van der Waals surface area contributed by atoms with E-state index >= 15 is 0 Å².